The Hall–Kier alpha value is -4.16. The highest BCUT2D eigenvalue weighted by Crippen LogP contribution is 2.47. The smallest absolute Gasteiger partial charge is 0.291 e. The van der Waals surface area contributed by atoms with Crippen molar-refractivity contribution < 1.29 is 30.8 Å². The number of carbonyl (C=O) groups is 1. The lowest BCUT2D eigenvalue weighted by molar-refractivity contribution is -0.137. The van der Waals surface area contributed by atoms with E-state index in [1.807, 2.05) is 13.0 Å². The number of benzene rings is 2. The first-order valence-electron chi connectivity index (χ1n) is 13.1. The van der Waals surface area contributed by atoms with E-state index in [0.29, 0.717) is 28.6 Å². The van der Waals surface area contributed by atoms with Crippen molar-refractivity contribution in [3.8, 4) is 5.69 Å². The van der Waals surface area contributed by atoms with Crippen LogP contribution < -0.4 is 0 Å². The summed E-state index contributed by atoms with van der Waals surface area (Å²) in [6.45, 7) is 1.48. The Morgan fingerprint density at radius 1 is 1.05 bits per heavy atom. The number of aromatic nitrogens is 3. The van der Waals surface area contributed by atoms with Crippen molar-refractivity contribution in [3.05, 3.63) is 113 Å². The Balaban J connectivity index is 1.45. The average molecular weight is 597 g/mol. The molecule has 2 aromatic heterocycles. The molecule has 2 aromatic carbocycles. The third-order valence-corrected chi connectivity index (χ3v) is 9.68. The van der Waals surface area contributed by atoms with Crippen molar-refractivity contribution >= 4 is 21.9 Å². The van der Waals surface area contributed by atoms with E-state index in [4.69, 9.17) is 0 Å². The van der Waals surface area contributed by atoms with Crippen LogP contribution in [0.25, 0.3) is 11.8 Å². The molecule has 7 nitrogen and oxygen atoms in total. The van der Waals surface area contributed by atoms with Gasteiger partial charge in [-0.3, -0.25) is 9.78 Å². The molecule has 0 spiro atoms. The third kappa shape index (κ3) is 4.74. The Morgan fingerprint density at radius 2 is 1.81 bits per heavy atom. The van der Waals surface area contributed by atoms with Gasteiger partial charge >= 0.3 is 6.18 Å². The molecular weight excluding hydrogens is 572 g/mol. The number of aryl methyl sites for hydroxylation is 1. The number of piperidine rings is 1. The van der Waals surface area contributed by atoms with Crippen LogP contribution in [-0.4, -0.2) is 46.4 Å². The van der Waals surface area contributed by atoms with Gasteiger partial charge in [0.2, 0.25) is 10.0 Å². The molecule has 1 fully saturated rings. The number of nitrogens with zero attached hydrogens (tertiary/aromatic N) is 4. The lowest BCUT2D eigenvalue weighted by Gasteiger charge is -2.44. The molecule has 6 rings (SSSR count). The molecule has 12 heteroatoms. The van der Waals surface area contributed by atoms with Crippen LogP contribution in [0.5, 0.6) is 0 Å². The molecular formula is C30H24F4N4O3S. The van der Waals surface area contributed by atoms with Crippen LogP contribution in [0.4, 0.5) is 17.6 Å². The fourth-order valence-corrected chi connectivity index (χ4v) is 7.24. The zero-order valence-corrected chi connectivity index (χ0v) is 23.1. The summed E-state index contributed by atoms with van der Waals surface area (Å²) in [5, 5.41) is 4.47. The molecule has 0 N–H and O–H groups in total. The van der Waals surface area contributed by atoms with Crippen LogP contribution in [0.3, 0.4) is 0 Å². The van der Waals surface area contributed by atoms with Gasteiger partial charge in [0.05, 0.1) is 33.5 Å². The summed E-state index contributed by atoms with van der Waals surface area (Å²) in [6, 6.07) is 12.8. The molecule has 0 saturated carbocycles. The topological polar surface area (TPSA) is 85.2 Å². The van der Waals surface area contributed by atoms with Crippen molar-refractivity contribution in [1.29, 1.82) is 0 Å². The second kappa shape index (κ2) is 9.99. The standard InChI is InChI=1S/C30H24F4N4O3S/c1-19-9-11-35-26(13-19)28(39)29-16-20-17-36-38(24-7-5-23(31)6-8-24)27(20)15-21(29)10-12-37(18-29)42(40,41)25-4-2-3-22(14-25)30(32,33)34/h2-9,11,13-15,17H,10,12,16,18H2,1H3. The highest BCUT2D eigenvalue weighted by molar-refractivity contribution is 7.89. The van der Waals surface area contributed by atoms with E-state index in [0.717, 1.165) is 28.1 Å². The van der Waals surface area contributed by atoms with Crippen LogP contribution in [0.1, 0.15) is 39.3 Å². The summed E-state index contributed by atoms with van der Waals surface area (Å²) in [5.41, 5.74) is 1.15. The largest absolute Gasteiger partial charge is 0.416 e. The van der Waals surface area contributed by atoms with Gasteiger partial charge in [-0.15, -0.1) is 0 Å². The number of ketones is 1. The van der Waals surface area contributed by atoms with Gasteiger partial charge in [-0.25, -0.2) is 17.5 Å². The number of fused-ring (bicyclic) bond motifs is 2. The molecule has 1 unspecified atom stereocenters. The van der Waals surface area contributed by atoms with Crippen LogP contribution in [0.2, 0.25) is 0 Å². The molecule has 4 aromatic rings. The first-order chi connectivity index (χ1) is 19.9. The van der Waals surface area contributed by atoms with Gasteiger partial charge in [-0.2, -0.15) is 22.6 Å². The van der Waals surface area contributed by atoms with E-state index >= 15 is 0 Å². The zero-order chi connectivity index (χ0) is 29.9. The summed E-state index contributed by atoms with van der Waals surface area (Å²) in [4.78, 5) is 18.1. The summed E-state index contributed by atoms with van der Waals surface area (Å²) in [7, 11) is -4.40. The molecule has 1 saturated heterocycles. The molecule has 3 heterocycles. The molecule has 0 amide bonds. The Morgan fingerprint density at radius 3 is 2.52 bits per heavy atom. The van der Waals surface area contributed by atoms with E-state index in [-0.39, 0.29) is 37.4 Å². The lowest BCUT2D eigenvalue weighted by Crippen LogP contribution is -2.53. The third-order valence-electron chi connectivity index (χ3n) is 7.83. The van der Waals surface area contributed by atoms with E-state index in [1.165, 1.54) is 18.3 Å². The minimum absolute atomic E-state index is 0.0410. The van der Waals surface area contributed by atoms with Gasteiger partial charge in [0, 0.05) is 19.3 Å². The Labute approximate surface area is 239 Å². The van der Waals surface area contributed by atoms with Crippen LogP contribution in [-0.2, 0) is 22.6 Å². The number of alkyl halides is 3. The SMILES string of the molecule is Cc1ccnc(C(=O)C23Cc4cnn(-c5ccc(F)cc5)c4C=C2CCN(S(=O)(=O)c2cccc(C(F)(F)F)c2)C3)c1. The minimum Gasteiger partial charge on any atom is -0.291 e. The van der Waals surface area contributed by atoms with Crippen LogP contribution in [0.15, 0.2) is 83.5 Å². The quantitative estimate of drug-likeness (QED) is 0.220. The summed E-state index contributed by atoms with van der Waals surface area (Å²) in [6.07, 6.45) is 0.440. The van der Waals surface area contributed by atoms with Crippen molar-refractivity contribution in [2.24, 2.45) is 5.41 Å². The monoisotopic (exact) mass is 596 g/mol. The van der Waals surface area contributed by atoms with Crippen molar-refractivity contribution in [1.82, 2.24) is 19.1 Å². The van der Waals surface area contributed by atoms with E-state index in [1.54, 1.807) is 35.1 Å². The Bertz CT molecular complexity index is 1850. The molecule has 42 heavy (non-hydrogen) atoms. The van der Waals surface area contributed by atoms with Crippen LogP contribution in [0, 0.1) is 18.2 Å². The van der Waals surface area contributed by atoms with E-state index in [9.17, 15) is 30.8 Å². The summed E-state index contributed by atoms with van der Waals surface area (Å²) < 4.78 is 83.9. The molecule has 1 atom stereocenters. The van der Waals surface area contributed by atoms with Gasteiger partial charge in [0.15, 0.2) is 5.78 Å². The average Bonchev–Trinajstić information content (AvgIpc) is 3.37. The summed E-state index contributed by atoms with van der Waals surface area (Å²) >= 11 is 0. The number of rotatable bonds is 5. The molecule has 1 aliphatic carbocycles. The van der Waals surface area contributed by atoms with Crippen molar-refractivity contribution in [2.45, 2.75) is 30.8 Å². The highest BCUT2D eigenvalue weighted by Gasteiger charge is 2.51. The maximum Gasteiger partial charge on any atom is 0.416 e. The first kappa shape index (κ1) is 28.0. The number of hydrogen-bond donors (Lipinski definition) is 0. The number of halogens is 4. The van der Waals surface area contributed by atoms with Crippen LogP contribution >= 0.6 is 0 Å². The van der Waals surface area contributed by atoms with Gasteiger partial charge < -0.3 is 0 Å². The van der Waals surface area contributed by atoms with Gasteiger partial charge in [0.1, 0.15) is 11.5 Å². The number of hydrogen-bond acceptors (Lipinski definition) is 5. The second-order valence-corrected chi connectivity index (χ2v) is 12.5. The first-order valence-corrected chi connectivity index (χ1v) is 14.5. The number of sulfonamides is 1. The predicted molar refractivity (Wildman–Crippen MR) is 146 cm³/mol. The highest BCUT2D eigenvalue weighted by atomic mass is 32.2. The molecule has 216 valence electrons. The number of Topliss-reactive ketones (excluding diaryl/α,β-unsaturated/α-hetero) is 1. The molecule has 0 radical (unpaired) electrons. The predicted octanol–water partition coefficient (Wildman–Crippen LogP) is 5.64. The maximum atomic E-state index is 14.3. The second-order valence-electron chi connectivity index (χ2n) is 10.5. The van der Waals surface area contributed by atoms with Gasteiger partial charge in [-0.1, -0.05) is 11.6 Å². The van der Waals surface area contributed by atoms with E-state index < -0.39 is 37.9 Å². The molecule has 0 bridgehead atoms. The minimum atomic E-state index is -4.72. The number of carbonyl (C=O) groups excluding carboxylic acids is 1. The fourth-order valence-electron chi connectivity index (χ4n) is 5.70. The van der Waals surface area contributed by atoms with Crippen molar-refractivity contribution in [3.63, 3.8) is 0 Å². The number of pyridine rings is 1. The van der Waals surface area contributed by atoms with Crippen molar-refractivity contribution in [2.75, 3.05) is 13.1 Å². The lowest BCUT2D eigenvalue weighted by atomic mass is 9.65. The Kier molecular flexibility index (Phi) is 6.65. The molecule has 1 aliphatic heterocycles. The van der Waals surface area contributed by atoms with E-state index in [2.05, 4.69) is 10.1 Å². The maximum absolute atomic E-state index is 14.3. The normalized spacial score (nSPS) is 19.1. The molecule has 2 aliphatic rings. The fraction of sp³-hybridized carbons (Fsp3) is 0.233. The van der Waals surface area contributed by atoms with Gasteiger partial charge in [0.25, 0.3) is 0 Å². The summed E-state index contributed by atoms with van der Waals surface area (Å²) in [5.74, 6) is -0.788. The zero-order valence-electron chi connectivity index (χ0n) is 22.3. The van der Waals surface area contributed by atoms with Gasteiger partial charge in [-0.05, 0) is 91.6 Å².